The molecule has 0 aromatic heterocycles. The third kappa shape index (κ3) is 6.32. The number of phenolic OH excluding ortho intramolecular Hbond substituents is 1. The topological polar surface area (TPSA) is 94.5 Å². The molecular weight excluding hydrogens is 411 g/mol. The highest BCUT2D eigenvalue weighted by molar-refractivity contribution is 8.26. The molecule has 9 heteroatoms. The van der Waals surface area contributed by atoms with Crippen molar-refractivity contribution >= 4 is 62.8 Å². The molecule has 0 saturated heterocycles. The Kier molecular flexibility index (Phi) is 7.96. The van der Waals surface area contributed by atoms with Gasteiger partial charge in [-0.3, -0.25) is 5.41 Å². The van der Waals surface area contributed by atoms with E-state index in [0.717, 1.165) is 22.3 Å². The normalized spacial score (nSPS) is 11.4. The Labute approximate surface area is 171 Å². The molecule has 138 valence electrons. The van der Waals surface area contributed by atoms with Gasteiger partial charge in [-0.25, -0.2) is 0 Å². The van der Waals surface area contributed by atoms with Crippen LogP contribution >= 0.6 is 46.9 Å². The number of thioether (sulfide) groups is 1. The van der Waals surface area contributed by atoms with Gasteiger partial charge in [0.25, 0.3) is 0 Å². The first-order valence-electron chi connectivity index (χ1n) is 7.65. The van der Waals surface area contributed by atoms with Crippen molar-refractivity contribution in [3.05, 3.63) is 52.0 Å². The van der Waals surface area contributed by atoms with Crippen molar-refractivity contribution < 1.29 is 5.11 Å². The lowest BCUT2D eigenvalue weighted by Crippen LogP contribution is -2.08. The van der Waals surface area contributed by atoms with Crippen molar-refractivity contribution in [2.75, 3.05) is 5.32 Å². The lowest BCUT2D eigenvalue weighted by molar-refractivity contribution is 0.469. The fourth-order valence-electron chi connectivity index (χ4n) is 1.90. The number of nitrogens with zero attached hydrogens (tertiary/aromatic N) is 1. The molecule has 0 heterocycles. The Morgan fingerprint density at radius 2 is 1.96 bits per heavy atom. The third-order valence-corrected chi connectivity index (χ3v) is 5.46. The smallest absolute Gasteiger partial charge is 0.172 e. The van der Waals surface area contributed by atoms with E-state index in [0.29, 0.717) is 33.8 Å². The van der Waals surface area contributed by atoms with E-state index in [2.05, 4.69) is 9.71 Å². The number of nitrogens with one attached hydrogen (secondary N) is 2. The molecule has 2 aromatic rings. The zero-order valence-corrected chi connectivity index (χ0v) is 17.1. The second kappa shape index (κ2) is 9.97. The fourth-order valence-corrected chi connectivity index (χ4v) is 3.55. The molecule has 2 rings (SSSR count). The summed E-state index contributed by atoms with van der Waals surface area (Å²) in [6, 6.07) is 10.8. The summed E-state index contributed by atoms with van der Waals surface area (Å²) in [5.74, 6) is 0.0238. The first kappa shape index (κ1) is 20.8. The molecule has 0 radical (unpaired) electrons. The van der Waals surface area contributed by atoms with Crippen LogP contribution in [0, 0.1) is 5.41 Å². The minimum absolute atomic E-state index is 0.0238. The van der Waals surface area contributed by atoms with Crippen LogP contribution in [-0.4, -0.2) is 15.3 Å². The molecule has 26 heavy (non-hydrogen) atoms. The lowest BCUT2D eigenvalue weighted by atomic mass is 10.2. The van der Waals surface area contributed by atoms with E-state index in [1.807, 2.05) is 31.2 Å². The number of halogens is 2. The minimum atomic E-state index is 0.0238. The van der Waals surface area contributed by atoms with E-state index in [1.54, 1.807) is 6.07 Å². The summed E-state index contributed by atoms with van der Waals surface area (Å²) < 4.78 is 4.19. The Balaban J connectivity index is 1.94. The molecule has 0 saturated carbocycles. The molecular formula is C17H18Cl2N4OS2. The average Bonchev–Trinajstić information content (AvgIpc) is 2.62. The Morgan fingerprint density at radius 1 is 1.27 bits per heavy atom. The van der Waals surface area contributed by atoms with Crippen LogP contribution in [0.4, 0.5) is 5.69 Å². The van der Waals surface area contributed by atoms with Gasteiger partial charge in [-0.1, -0.05) is 30.1 Å². The molecule has 5 nitrogen and oxygen atoms in total. The molecule has 0 aliphatic heterocycles. The molecule has 2 aromatic carbocycles. The molecule has 0 unspecified atom stereocenters. The second-order valence-electron chi connectivity index (χ2n) is 5.17. The van der Waals surface area contributed by atoms with Crippen LogP contribution in [0.3, 0.4) is 0 Å². The van der Waals surface area contributed by atoms with Gasteiger partial charge < -0.3 is 16.2 Å². The van der Waals surface area contributed by atoms with Crippen molar-refractivity contribution in [1.29, 1.82) is 5.41 Å². The van der Waals surface area contributed by atoms with Gasteiger partial charge in [0.2, 0.25) is 0 Å². The summed E-state index contributed by atoms with van der Waals surface area (Å²) >= 11 is 14.3. The van der Waals surface area contributed by atoms with E-state index in [9.17, 15) is 5.11 Å². The second-order valence-corrected chi connectivity index (χ2v) is 7.97. The monoisotopic (exact) mass is 428 g/mol. The van der Waals surface area contributed by atoms with Gasteiger partial charge in [0.05, 0.1) is 10.1 Å². The Hall–Kier alpha value is -1.54. The first-order chi connectivity index (χ1) is 12.4. The van der Waals surface area contributed by atoms with Gasteiger partial charge in [-0.15, -0.1) is 0 Å². The molecule has 0 aliphatic carbocycles. The van der Waals surface area contributed by atoms with E-state index >= 15 is 0 Å². The number of amidine groups is 1. The van der Waals surface area contributed by atoms with Crippen LogP contribution in [0.2, 0.25) is 10.0 Å². The number of aromatic hydroxyl groups is 1. The number of hydrogen-bond acceptors (Lipinski definition) is 6. The number of rotatable bonds is 6. The summed E-state index contributed by atoms with van der Waals surface area (Å²) in [7, 11) is 0. The van der Waals surface area contributed by atoms with Gasteiger partial charge in [0, 0.05) is 39.7 Å². The lowest BCUT2D eigenvalue weighted by Gasteiger charge is -2.10. The Morgan fingerprint density at radius 3 is 2.62 bits per heavy atom. The van der Waals surface area contributed by atoms with Crippen LogP contribution in [0.25, 0.3) is 0 Å². The predicted molar refractivity (Wildman–Crippen MR) is 115 cm³/mol. The summed E-state index contributed by atoms with van der Waals surface area (Å²) in [6.07, 6.45) is 0.638. The highest BCUT2D eigenvalue weighted by Gasteiger charge is 2.08. The summed E-state index contributed by atoms with van der Waals surface area (Å²) in [6.45, 7) is 2.29. The molecule has 0 spiro atoms. The summed E-state index contributed by atoms with van der Waals surface area (Å²) in [5, 5.41) is 22.3. The van der Waals surface area contributed by atoms with Crippen molar-refractivity contribution in [1.82, 2.24) is 0 Å². The summed E-state index contributed by atoms with van der Waals surface area (Å²) in [4.78, 5) is 0.927. The molecule has 0 amide bonds. The number of benzene rings is 2. The molecule has 0 atom stereocenters. The van der Waals surface area contributed by atoms with Gasteiger partial charge >= 0.3 is 0 Å². The predicted octanol–water partition coefficient (Wildman–Crippen LogP) is 5.75. The first-order valence-corrected chi connectivity index (χ1v) is 10.00. The number of phenols is 1. The highest BCUT2D eigenvalue weighted by atomic mass is 35.5. The van der Waals surface area contributed by atoms with Gasteiger partial charge in [-0.05, 0) is 54.6 Å². The van der Waals surface area contributed by atoms with Crippen molar-refractivity contribution in [3.63, 3.8) is 0 Å². The van der Waals surface area contributed by atoms with Crippen molar-refractivity contribution in [2.45, 2.75) is 24.8 Å². The largest absolute Gasteiger partial charge is 0.506 e. The van der Waals surface area contributed by atoms with Crippen LogP contribution in [-0.2, 0) is 6.54 Å². The summed E-state index contributed by atoms with van der Waals surface area (Å²) in [5.41, 5.74) is 7.27. The van der Waals surface area contributed by atoms with E-state index in [1.165, 1.54) is 18.0 Å². The van der Waals surface area contributed by atoms with Crippen LogP contribution in [0.5, 0.6) is 5.75 Å². The SMILES string of the molecule is CCC(=N)S/C(N)=N\Sc1ccc(NCc2cc(Cl)cc(Cl)c2O)cc1. The standard InChI is InChI=1S/C17H18Cl2N4OS2/c1-2-15(20)25-17(21)23-26-13-5-3-12(4-6-13)22-9-10-7-11(18)8-14(19)16(10)24/h3-8,20,22,24H,2,9H2,1H3,(H2,21,23). The number of nitrogens with two attached hydrogens (primary N) is 1. The third-order valence-electron chi connectivity index (χ3n) is 3.23. The van der Waals surface area contributed by atoms with E-state index < -0.39 is 0 Å². The van der Waals surface area contributed by atoms with Gasteiger partial charge in [0.1, 0.15) is 5.75 Å². The zero-order chi connectivity index (χ0) is 19.1. The van der Waals surface area contributed by atoms with Crippen molar-refractivity contribution in [3.8, 4) is 5.75 Å². The maximum atomic E-state index is 9.97. The number of anilines is 1. The number of hydrogen-bond donors (Lipinski definition) is 4. The molecule has 0 fully saturated rings. The quantitative estimate of drug-likeness (QED) is 0.266. The maximum Gasteiger partial charge on any atom is 0.172 e. The fraction of sp³-hybridized carbons (Fsp3) is 0.176. The van der Waals surface area contributed by atoms with Gasteiger partial charge in [-0.2, -0.15) is 4.40 Å². The minimum Gasteiger partial charge on any atom is -0.506 e. The molecule has 0 bridgehead atoms. The molecule has 5 N–H and O–H groups in total. The average molecular weight is 429 g/mol. The van der Waals surface area contributed by atoms with E-state index in [-0.39, 0.29) is 10.8 Å². The van der Waals surface area contributed by atoms with Crippen LogP contribution in [0.1, 0.15) is 18.9 Å². The van der Waals surface area contributed by atoms with Crippen LogP contribution in [0.15, 0.2) is 45.7 Å². The maximum absolute atomic E-state index is 9.97. The van der Waals surface area contributed by atoms with Gasteiger partial charge in [0.15, 0.2) is 5.17 Å². The van der Waals surface area contributed by atoms with Crippen molar-refractivity contribution in [2.24, 2.45) is 10.1 Å². The Bertz CT molecular complexity index is 813. The highest BCUT2D eigenvalue weighted by Crippen LogP contribution is 2.31. The van der Waals surface area contributed by atoms with E-state index in [4.69, 9.17) is 34.3 Å². The molecule has 0 aliphatic rings. The van der Waals surface area contributed by atoms with Crippen LogP contribution < -0.4 is 11.1 Å². The zero-order valence-electron chi connectivity index (χ0n) is 13.9.